The van der Waals surface area contributed by atoms with Crippen LogP contribution in [0.2, 0.25) is 0 Å². The van der Waals surface area contributed by atoms with Gasteiger partial charge in [-0.25, -0.2) is 0 Å². The predicted octanol–water partition coefficient (Wildman–Crippen LogP) is 3.82. The van der Waals surface area contributed by atoms with Gasteiger partial charge in [-0.3, -0.25) is 14.8 Å². The minimum absolute atomic E-state index is 0.0154. The third-order valence-corrected chi connectivity index (χ3v) is 3.46. The number of para-hydroxylation sites is 1. The van der Waals surface area contributed by atoms with Crippen LogP contribution in [0.15, 0.2) is 59.3 Å². The molecule has 3 aromatic rings. The fourth-order valence-corrected chi connectivity index (χ4v) is 2.40. The lowest BCUT2D eigenvalue weighted by Crippen LogP contribution is -2.05. The Kier molecular flexibility index (Phi) is 3.56. The first-order chi connectivity index (χ1) is 9.72. The van der Waals surface area contributed by atoms with Crippen molar-refractivity contribution in [1.29, 1.82) is 0 Å². The van der Waals surface area contributed by atoms with E-state index < -0.39 is 0 Å². The molecule has 98 valence electrons. The molecule has 0 saturated carbocycles. The van der Waals surface area contributed by atoms with Crippen molar-refractivity contribution in [3.8, 4) is 0 Å². The highest BCUT2D eigenvalue weighted by Gasteiger charge is 2.09. The van der Waals surface area contributed by atoms with Gasteiger partial charge in [0.1, 0.15) is 0 Å². The Morgan fingerprint density at radius 1 is 1.10 bits per heavy atom. The van der Waals surface area contributed by atoms with Crippen molar-refractivity contribution in [3.05, 3.63) is 70.6 Å². The van der Waals surface area contributed by atoms with Gasteiger partial charge < -0.3 is 0 Å². The molecule has 0 aliphatic rings. The van der Waals surface area contributed by atoms with Gasteiger partial charge in [0.25, 0.3) is 0 Å². The first-order valence-electron chi connectivity index (χ1n) is 6.21. The Bertz CT molecular complexity index is 786. The molecule has 0 saturated heterocycles. The third-order valence-electron chi connectivity index (χ3n) is 3.02. The van der Waals surface area contributed by atoms with Crippen LogP contribution in [0, 0.1) is 0 Å². The van der Waals surface area contributed by atoms with Gasteiger partial charge in [0.15, 0.2) is 5.78 Å². The maximum Gasteiger partial charge on any atom is 0.170 e. The van der Waals surface area contributed by atoms with Crippen LogP contribution in [0.4, 0.5) is 0 Å². The maximum absolute atomic E-state index is 12.2. The van der Waals surface area contributed by atoms with Crippen molar-refractivity contribution in [3.63, 3.8) is 0 Å². The summed E-state index contributed by atoms with van der Waals surface area (Å²) in [6.07, 6.45) is 3.52. The molecule has 0 spiro atoms. The minimum atomic E-state index is 0.0154. The lowest BCUT2D eigenvalue weighted by Gasteiger charge is -2.03. The molecule has 3 nitrogen and oxygen atoms in total. The Morgan fingerprint density at radius 3 is 2.80 bits per heavy atom. The molecular formula is C16H11BrN2O. The van der Waals surface area contributed by atoms with Crippen molar-refractivity contribution in [2.45, 2.75) is 6.42 Å². The molecule has 0 aliphatic heterocycles. The van der Waals surface area contributed by atoms with E-state index >= 15 is 0 Å². The molecule has 2 heterocycles. The molecule has 0 aliphatic carbocycles. The number of fused-ring (bicyclic) bond motifs is 1. The molecule has 20 heavy (non-hydrogen) atoms. The highest BCUT2D eigenvalue weighted by molar-refractivity contribution is 9.10. The normalized spacial score (nSPS) is 10.7. The standard InChI is InChI=1S/C16H11BrN2O/c17-13-7-12(9-18-10-13)16(20)8-14-6-5-11-3-1-2-4-15(11)19-14/h1-7,9-10H,8H2. The number of nitrogens with zero attached hydrogens (tertiary/aromatic N) is 2. The van der Waals surface area contributed by atoms with Gasteiger partial charge in [-0.05, 0) is 34.1 Å². The minimum Gasteiger partial charge on any atom is -0.294 e. The van der Waals surface area contributed by atoms with Crippen LogP contribution >= 0.6 is 15.9 Å². The molecule has 0 N–H and O–H groups in total. The van der Waals surface area contributed by atoms with Crippen molar-refractivity contribution >= 4 is 32.6 Å². The number of rotatable bonds is 3. The first-order valence-corrected chi connectivity index (χ1v) is 7.00. The third kappa shape index (κ3) is 2.75. The molecule has 0 radical (unpaired) electrons. The van der Waals surface area contributed by atoms with Gasteiger partial charge >= 0.3 is 0 Å². The highest BCUT2D eigenvalue weighted by atomic mass is 79.9. The molecule has 0 amide bonds. The Morgan fingerprint density at radius 2 is 1.95 bits per heavy atom. The fourth-order valence-electron chi connectivity index (χ4n) is 2.04. The Hall–Kier alpha value is -2.07. The number of Topliss-reactive ketones (excluding diaryl/α,β-unsaturated/α-hetero) is 1. The van der Waals surface area contributed by atoms with Gasteiger partial charge in [-0.1, -0.05) is 24.3 Å². The van der Waals surface area contributed by atoms with Gasteiger partial charge in [0.2, 0.25) is 0 Å². The van der Waals surface area contributed by atoms with Gasteiger partial charge in [-0.15, -0.1) is 0 Å². The molecule has 0 unspecified atom stereocenters. The molecule has 2 aromatic heterocycles. The predicted molar refractivity (Wildman–Crippen MR) is 81.7 cm³/mol. The lowest BCUT2D eigenvalue weighted by molar-refractivity contribution is 0.0991. The van der Waals surface area contributed by atoms with Crippen LogP contribution < -0.4 is 0 Å². The fraction of sp³-hybridized carbons (Fsp3) is 0.0625. The summed E-state index contributed by atoms with van der Waals surface area (Å²) >= 11 is 3.32. The second-order valence-corrected chi connectivity index (χ2v) is 5.40. The zero-order valence-electron chi connectivity index (χ0n) is 10.6. The first kappa shape index (κ1) is 12.9. The van der Waals surface area contributed by atoms with Gasteiger partial charge in [-0.2, -0.15) is 0 Å². The van der Waals surface area contributed by atoms with E-state index in [4.69, 9.17) is 0 Å². The zero-order chi connectivity index (χ0) is 13.9. The van der Waals surface area contributed by atoms with E-state index in [1.807, 2.05) is 36.4 Å². The summed E-state index contributed by atoms with van der Waals surface area (Å²) in [5, 5.41) is 1.08. The molecule has 0 bridgehead atoms. The van der Waals surface area contributed by atoms with Crippen LogP contribution in [0.5, 0.6) is 0 Å². The number of hydrogen-bond donors (Lipinski definition) is 0. The topological polar surface area (TPSA) is 42.9 Å². The smallest absolute Gasteiger partial charge is 0.170 e. The summed E-state index contributed by atoms with van der Waals surface area (Å²) in [4.78, 5) is 20.7. The molecule has 3 rings (SSSR count). The summed E-state index contributed by atoms with van der Waals surface area (Å²) in [5.41, 5.74) is 2.27. The largest absolute Gasteiger partial charge is 0.294 e. The van der Waals surface area contributed by atoms with Crippen molar-refractivity contribution in [1.82, 2.24) is 9.97 Å². The number of carbonyl (C=O) groups is 1. The van der Waals surface area contributed by atoms with E-state index in [9.17, 15) is 4.79 Å². The lowest BCUT2D eigenvalue weighted by atomic mass is 10.1. The van der Waals surface area contributed by atoms with E-state index in [1.54, 1.807) is 18.5 Å². The summed E-state index contributed by atoms with van der Waals surface area (Å²) in [6.45, 7) is 0. The quantitative estimate of drug-likeness (QED) is 0.687. The monoisotopic (exact) mass is 326 g/mol. The summed E-state index contributed by atoms with van der Waals surface area (Å²) < 4.78 is 0.801. The maximum atomic E-state index is 12.2. The number of carbonyl (C=O) groups excluding carboxylic acids is 1. The van der Waals surface area contributed by atoms with Crippen LogP contribution in [-0.4, -0.2) is 15.8 Å². The average Bonchev–Trinajstić information content (AvgIpc) is 2.47. The van der Waals surface area contributed by atoms with Crippen molar-refractivity contribution < 1.29 is 4.79 Å². The Labute approximate surface area is 124 Å². The number of halogens is 1. The van der Waals surface area contributed by atoms with Crippen LogP contribution in [0.1, 0.15) is 16.1 Å². The number of benzene rings is 1. The SMILES string of the molecule is O=C(Cc1ccc2ccccc2n1)c1cncc(Br)c1. The number of aromatic nitrogens is 2. The number of pyridine rings is 2. The Balaban J connectivity index is 1.87. The second-order valence-electron chi connectivity index (χ2n) is 4.49. The molecular weight excluding hydrogens is 316 g/mol. The van der Waals surface area contributed by atoms with E-state index in [2.05, 4.69) is 25.9 Å². The average molecular weight is 327 g/mol. The molecule has 1 aromatic carbocycles. The molecule has 4 heteroatoms. The molecule has 0 atom stereocenters. The van der Waals surface area contributed by atoms with Crippen molar-refractivity contribution in [2.24, 2.45) is 0 Å². The summed E-state index contributed by atoms with van der Waals surface area (Å²) in [7, 11) is 0. The number of hydrogen-bond acceptors (Lipinski definition) is 3. The van der Waals surface area contributed by atoms with E-state index in [-0.39, 0.29) is 12.2 Å². The second kappa shape index (κ2) is 5.51. The van der Waals surface area contributed by atoms with E-state index in [1.165, 1.54) is 0 Å². The molecule has 0 fully saturated rings. The number of ketones is 1. The van der Waals surface area contributed by atoms with Gasteiger partial charge in [0.05, 0.1) is 11.9 Å². The van der Waals surface area contributed by atoms with Crippen molar-refractivity contribution in [2.75, 3.05) is 0 Å². The van der Waals surface area contributed by atoms with Crippen LogP contribution in [-0.2, 0) is 6.42 Å². The van der Waals surface area contributed by atoms with E-state index in [0.29, 0.717) is 5.56 Å². The highest BCUT2D eigenvalue weighted by Crippen LogP contribution is 2.15. The van der Waals surface area contributed by atoms with Gasteiger partial charge in [0, 0.05) is 33.5 Å². The van der Waals surface area contributed by atoms with E-state index in [0.717, 1.165) is 21.1 Å². The summed E-state index contributed by atoms with van der Waals surface area (Å²) in [5.74, 6) is 0.0154. The van der Waals surface area contributed by atoms with Crippen LogP contribution in [0.3, 0.4) is 0 Å². The van der Waals surface area contributed by atoms with Crippen LogP contribution in [0.25, 0.3) is 10.9 Å². The summed E-state index contributed by atoms with van der Waals surface area (Å²) in [6, 6.07) is 13.5. The zero-order valence-corrected chi connectivity index (χ0v) is 12.2.